The van der Waals surface area contributed by atoms with Crippen molar-refractivity contribution in [2.75, 3.05) is 39.9 Å². The summed E-state index contributed by atoms with van der Waals surface area (Å²) in [4.78, 5) is 8.05. The van der Waals surface area contributed by atoms with Crippen molar-refractivity contribution in [3.63, 3.8) is 0 Å². The molecule has 142 valence electrons. The van der Waals surface area contributed by atoms with Gasteiger partial charge in [-0.25, -0.2) is 0 Å². The van der Waals surface area contributed by atoms with E-state index >= 15 is 0 Å². The topological polar surface area (TPSA) is 21.8 Å². The first-order chi connectivity index (χ1) is 11.1. The van der Waals surface area contributed by atoms with Gasteiger partial charge < -0.3 is 10.2 Å². The summed E-state index contributed by atoms with van der Waals surface area (Å²) in [6, 6.07) is 1.27. The largest absolute Gasteiger partial charge is 0.312 e. The molecule has 0 aromatic carbocycles. The molecule has 4 unspecified atom stereocenters. The van der Waals surface area contributed by atoms with Crippen molar-refractivity contribution in [3.05, 3.63) is 0 Å². The highest BCUT2D eigenvalue weighted by Crippen LogP contribution is 2.27. The molecule has 2 heterocycles. The number of rotatable bonds is 0. The number of nitrogens with one attached hydrogen (secondary N) is 1. The third kappa shape index (κ3) is 5.42. The van der Waals surface area contributed by atoms with Gasteiger partial charge in [0.15, 0.2) is 0 Å². The number of nitrogens with zero attached hydrogens (tertiary/aromatic N) is 3. The maximum atomic E-state index is 3.79. The maximum absolute atomic E-state index is 3.79. The van der Waals surface area contributed by atoms with Crippen LogP contribution in [0.5, 0.6) is 0 Å². The molecule has 4 atom stereocenters. The summed E-state index contributed by atoms with van der Waals surface area (Å²) in [5.41, 5.74) is 0.482. The fourth-order valence-electron chi connectivity index (χ4n) is 4.60. The van der Waals surface area contributed by atoms with Gasteiger partial charge in [0, 0.05) is 36.3 Å². The van der Waals surface area contributed by atoms with Gasteiger partial charge in [0.1, 0.15) is 0 Å². The molecule has 0 aliphatic carbocycles. The normalized spacial score (nSPS) is 39.1. The fourth-order valence-corrected chi connectivity index (χ4v) is 4.60. The van der Waals surface area contributed by atoms with Crippen LogP contribution in [0.2, 0.25) is 0 Å². The molecule has 0 aromatic rings. The smallest absolute Gasteiger partial charge is 0.0513 e. The van der Waals surface area contributed by atoms with Crippen LogP contribution in [-0.4, -0.2) is 77.8 Å². The van der Waals surface area contributed by atoms with Crippen LogP contribution in [0.3, 0.4) is 0 Å². The Morgan fingerprint density at radius 3 is 2.29 bits per heavy atom. The quantitative estimate of drug-likeness (QED) is 0.733. The average molecular weight is 339 g/mol. The number of fused-ring (bicyclic) bond motifs is 2. The Labute approximate surface area is 150 Å². The van der Waals surface area contributed by atoms with Crippen molar-refractivity contribution in [1.82, 2.24) is 20.0 Å². The van der Waals surface area contributed by atoms with E-state index in [1.165, 1.54) is 45.3 Å². The van der Waals surface area contributed by atoms with Crippen LogP contribution < -0.4 is 5.32 Å². The highest BCUT2D eigenvalue weighted by Gasteiger charge is 2.34. The summed E-state index contributed by atoms with van der Waals surface area (Å²) in [5.74, 6) is 0. The second-order valence-electron chi connectivity index (χ2n) is 9.63. The summed E-state index contributed by atoms with van der Waals surface area (Å²) >= 11 is 0. The lowest BCUT2D eigenvalue weighted by atomic mass is 9.91. The molecule has 2 rings (SSSR count). The Hall–Kier alpha value is -0.160. The molecule has 4 heteroatoms. The Morgan fingerprint density at radius 1 is 0.875 bits per heavy atom. The van der Waals surface area contributed by atoms with E-state index < -0.39 is 0 Å². The van der Waals surface area contributed by atoms with Crippen LogP contribution in [0, 0.1) is 0 Å². The van der Waals surface area contributed by atoms with Gasteiger partial charge in [-0.3, -0.25) is 9.80 Å². The predicted octanol–water partition coefficient (Wildman–Crippen LogP) is 2.99. The Morgan fingerprint density at radius 2 is 1.58 bits per heavy atom. The first kappa shape index (κ1) is 20.2. The average Bonchev–Trinajstić information content (AvgIpc) is 2.45. The molecule has 0 saturated carbocycles. The van der Waals surface area contributed by atoms with Gasteiger partial charge in [0.05, 0.1) is 6.67 Å². The molecular weight excluding hydrogens is 296 g/mol. The Bertz CT molecular complexity index is 393. The van der Waals surface area contributed by atoms with E-state index in [9.17, 15) is 0 Å². The second-order valence-corrected chi connectivity index (χ2v) is 9.63. The van der Waals surface area contributed by atoms with Gasteiger partial charge in [-0.1, -0.05) is 0 Å². The van der Waals surface area contributed by atoms with Gasteiger partial charge in [0.2, 0.25) is 0 Å². The third-order valence-corrected chi connectivity index (χ3v) is 6.35. The SMILES string of the molecule is CC1CC(C)(C)N2CCCNC(C)(C)CC(C)N(CCCN1C)C2. The maximum Gasteiger partial charge on any atom is 0.0513 e. The van der Waals surface area contributed by atoms with Crippen LogP contribution in [0.15, 0.2) is 0 Å². The van der Waals surface area contributed by atoms with Crippen molar-refractivity contribution < 1.29 is 0 Å². The standard InChI is InChI=1S/C20H42N4/c1-17-15-20(5,6)24-13-8-10-21-19(3,4)14-18(2)23(16-24)12-9-11-22(17)7/h17-18,21H,8-16H2,1-7H3. The first-order valence-electron chi connectivity index (χ1n) is 10.1. The van der Waals surface area contributed by atoms with Crippen molar-refractivity contribution in [1.29, 1.82) is 0 Å². The zero-order valence-electron chi connectivity index (χ0n) is 17.4. The molecule has 2 saturated heterocycles. The molecule has 0 amide bonds. The summed E-state index contributed by atoms with van der Waals surface area (Å²) in [6.45, 7) is 20.3. The van der Waals surface area contributed by atoms with E-state index in [2.05, 4.69) is 68.6 Å². The van der Waals surface area contributed by atoms with Crippen molar-refractivity contribution >= 4 is 0 Å². The molecule has 2 fully saturated rings. The van der Waals surface area contributed by atoms with Crippen LogP contribution >= 0.6 is 0 Å². The minimum absolute atomic E-state index is 0.234. The fraction of sp³-hybridized carbons (Fsp3) is 1.00. The van der Waals surface area contributed by atoms with E-state index in [0.717, 1.165) is 13.2 Å². The molecule has 0 spiro atoms. The van der Waals surface area contributed by atoms with Gasteiger partial charge in [0.25, 0.3) is 0 Å². The van der Waals surface area contributed by atoms with Gasteiger partial charge in [-0.15, -0.1) is 0 Å². The highest BCUT2D eigenvalue weighted by molar-refractivity contribution is 4.90. The van der Waals surface area contributed by atoms with Crippen LogP contribution in [0.4, 0.5) is 0 Å². The summed E-state index contributed by atoms with van der Waals surface area (Å²) in [5, 5.41) is 3.79. The van der Waals surface area contributed by atoms with Gasteiger partial charge >= 0.3 is 0 Å². The summed E-state index contributed by atoms with van der Waals surface area (Å²) < 4.78 is 0. The van der Waals surface area contributed by atoms with Crippen LogP contribution in [0.1, 0.15) is 67.2 Å². The summed E-state index contributed by atoms with van der Waals surface area (Å²) in [7, 11) is 2.30. The zero-order chi connectivity index (χ0) is 18.0. The molecule has 2 bridgehead atoms. The van der Waals surface area contributed by atoms with E-state index in [1.54, 1.807) is 0 Å². The lowest BCUT2D eigenvalue weighted by Crippen LogP contribution is -2.57. The van der Waals surface area contributed by atoms with E-state index in [-0.39, 0.29) is 11.1 Å². The van der Waals surface area contributed by atoms with Crippen molar-refractivity contribution in [2.45, 2.75) is 90.4 Å². The summed E-state index contributed by atoms with van der Waals surface area (Å²) in [6.07, 6.45) is 4.96. The van der Waals surface area contributed by atoms with E-state index in [0.29, 0.717) is 12.1 Å². The molecule has 0 radical (unpaired) electrons. The lowest BCUT2D eigenvalue weighted by molar-refractivity contribution is -0.00680. The molecule has 4 nitrogen and oxygen atoms in total. The Balaban J connectivity index is 2.23. The molecule has 0 aromatic heterocycles. The van der Waals surface area contributed by atoms with Gasteiger partial charge in [-0.2, -0.15) is 0 Å². The minimum atomic E-state index is 0.234. The van der Waals surface area contributed by atoms with E-state index in [4.69, 9.17) is 0 Å². The lowest BCUT2D eigenvalue weighted by Gasteiger charge is -2.48. The van der Waals surface area contributed by atoms with Crippen LogP contribution in [0.25, 0.3) is 0 Å². The first-order valence-corrected chi connectivity index (χ1v) is 10.1. The number of hydrogen-bond acceptors (Lipinski definition) is 4. The molecule has 2 aliphatic rings. The highest BCUT2D eigenvalue weighted by atomic mass is 15.4. The number of hydrogen-bond donors (Lipinski definition) is 1. The van der Waals surface area contributed by atoms with E-state index in [1.807, 2.05) is 0 Å². The predicted molar refractivity (Wildman–Crippen MR) is 104 cm³/mol. The van der Waals surface area contributed by atoms with Crippen LogP contribution in [-0.2, 0) is 0 Å². The van der Waals surface area contributed by atoms with Gasteiger partial charge in [-0.05, 0) is 87.4 Å². The third-order valence-electron chi connectivity index (χ3n) is 6.35. The minimum Gasteiger partial charge on any atom is -0.312 e. The van der Waals surface area contributed by atoms with Crippen molar-refractivity contribution in [3.8, 4) is 0 Å². The monoisotopic (exact) mass is 338 g/mol. The molecular formula is C20H42N4. The molecule has 24 heavy (non-hydrogen) atoms. The Kier molecular flexibility index (Phi) is 6.74. The van der Waals surface area contributed by atoms with Crippen molar-refractivity contribution in [2.24, 2.45) is 0 Å². The zero-order valence-corrected chi connectivity index (χ0v) is 17.4. The molecule has 2 aliphatic heterocycles. The second kappa shape index (κ2) is 8.03. The molecule has 1 N–H and O–H groups in total.